The van der Waals surface area contributed by atoms with Crippen molar-refractivity contribution in [2.24, 2.45) is 5.92 Å². The lowest BCUT2D eigenvalue weighted by molar-refractivity contribution is -0.0377. The van der Waals surface area contributed by atoms with Gasteiger partial charge in [-0.25, -0.2) is 4.79 Å². The normalized spacial score (nSPS) is 28.9. The third kappa shape index (κ3) is 1.84. The predicted molar refractivity (Wildman–Crippen MR) is 64.6 cm³/mol. The molecule has 1 fully saturated rings. The zero-order valence-corrected chi connectivity index (χ0v) is 10.1. The average molecular weight is 231 g/mol. The van der Waals surface area contributed by atoms with E-state index in [1.807, 2.05) is 24.3 Å². The molecule has 0 aliphatic carbocycles. The van der Waals surface area contributed by atoms with E-state index < -0.39 is 0 Å². The Morgan fingerprint density at radius 2 is 2.18 bits per heavy atom. The Balaban J connectivity index is 1.88. The molecule has 3 rings (SSSR count). The van der Waals surface area contributed by atoms with Gasteiger partial charge in [0.2, 0.25) is 0 Å². The van der Waals surface area contributed by atoms with Gasteiger partial charge in [0.25, 0.3) is 0 Å². The lowest BCUT2D eigenvalue weighted by atomic mass is 9.99. The minimum atomic E-state index is -0.177. The van der Waals surface area contributed by atoms with Gasteiger partial charge in [-0.2, -0.15) is 0 Å². The molecule has 0 saturated carbocycles. The van der Waals surface area contributed by atoms with Crippen molar-refractivity contribution in [3.05, 3.63) is 35.4 Å². The molecule has 0 bridgehead atoms. The first kappa shape index (κ1) is 10.8. The number of piperidine rings is 1. The van der Waals surface area contributed by atoms with E-state index in [0.29, 0.717) is 5.92 Å². The number of fused-ring (bicyclic) bond motifs is 1. The Morgan fingerprint density at radius 1 is 1.35 bits per heavy atom. The molecule has 1 aromatic carbocycles. The predicted octanol–water partition coefficient (Wildman–Crippen LogP) is 2.59. The van der Waals surface area contributed by atoms with Crippen LogP contribution < -0.4 is 0 Å². The highest BCUT2D eigenvalue weighted by Gasteiger charge is 2.36. The number of benzene rings is 1. The van der Waals surface area contributed by atoms with Crippen LogP contribution in [0.5, 0.6) is 0 Å². The summed E-state index contributed by atoms with van der Waals surface area (Å²) < 4.78 is 5.51. The summed E-state index contributed by atoms with van der Waals surface area (Å²) in [5.41, 5.74) is 1.77. The fourth-order valence-electron chi connectivity index (χ4n) is 2.84. The van der Waals surface area contributed by atoms with Crippen molar-refractivity contribution in [2.45, 2.75) is 26.0 Å². The molecular formula is C14H17NO2. The maximum Gasteiger partial charge on any atom is 0.340 e. The number of ether oxygens (including phenoxy) is 1. The Morgan fingerprint density at radius 3 is 3.00 bits per heavy atom. The molecule has 1 aromatic rings. The standard InChI is InChI=1S/C14H17NO2/c1-10-5-4-8-15(9-10)13-11-6-2-3-7-12(11)14(16)17-13/h2-3,6-7,10,13H,4-5,8-9H2,1H3. The smallest absolute Gasteiger partial charge is 0.340 e. The van der Waals surface area contributed by atoms with Crippen LogP contribution in [-0.2, 0) is 4.74 Å². The number of cyclic esters (lactones) is 1. The molecule has 2 heterocycles. The van der Waals surface area contributed by atoms with Gasteiger partial charge < -0.3 is 4.74 Å². The molecule has 3 heteroatoms. The van der Waals surface area contributed by atoms with E-state index in [0.717, 1.165) is 24.2 Å². The summed E-state index contributed by atoms with van der Waals surface area (Å²) in [7, 11) is 0. The van der Waals surface area contributed by atoms with Crippen LogP contribution in [0, 0.1) is 5.92 Å². The molecule has 1 saturated heterocycles. The first-order chi connectivity index (χ1) is 8.25. The molecule has 2 aliphatic heterocycles. The van der Waals surface area contributed by atoms with Gasteiger partial charge in [0.05, 0.1) is 5.56 Å². The van der Waals surface area contributed by atoms with Gasteiger partial charge in [-0.3, -0.25) is 4.90 Å². The lowest BCUT2D eigenvalue weighted by Crippen LogP contribution is -2.37. The van der Waals surface area contributed by atoms with Crippen LogP contribution in [0.3, 0.4) is 0 Å². The Labute approximate surface area is 101 Å². The van der Waals surface area contributed by atoms with Crippen LogP contribution in [0.1, 0.15) is 41.9 Å². The number of carbonyl (C=O) groups excluding carboxylic acids is 1. The maximum atomic E-state index is 11.8. The quantitative estimate of drug-likeness (QED) is 0.696. The van der Waals surface area contributed by atoms with Gasteiger partial charge in [0.1, 0.15) is 0 Å². The number of nitrogens with zero attached hydrogens (tertiary/aromatic N) is 1. The second-order valence-corrected chi connectivity index (χ2v) is 5.09. The zero-order chi connectivity index (χ0) is 11.8. The SMILES string of the molecule is CC1CCCN(C2OC(=O)c3ccccc32)C1. The van der Waals surface area contributed by atoms with E-state index in [2.05, 4.69) is 11.8 Å². The summed E-state index contributed by atoms with van der Waals surface area (Å²) in [6, 6.07) is 7.72. The van der Waals surface area contributed by atoms with Crippen LogP contribution in [0.25, 0.3) is 0 Å². The average Bonchev–Trinajstić information content (AvgIpc) is 2.68. The number of hydrogen-bond donors (Lipinski definition) is 0. The summed E-state index contributed by atoms with van der Waals surface area (Å²) in [4.78, 5) is 14.0. The van der Waals surface area contributed by atoms with E-state index in [4.69, 9.17) is 4.74 Å². The summed E-state index contributed by atoms with van der Waals surface area (Å²) in [5.74, 6) is 0.513. The van der Waals surface area contributed by atoms with Gasteiger partial charge in [0.15, 0.2) is 6.23 Å². The van der Waals surface area contributed by atoms with E-state index in [1.165, 1.54) is 12.8 Å². The molecule has 2 atom stereocenters. The number of carbonyl (C=O) groups is 1. The third-order valence-electron chi connectivity index (χ3n) is 3.69. The minimum Gasteiger partial charge on any atom is -0.438 e. The van der Waals surface area contributed by atoms with Gasteiger partial charge in [-0.05, 0) is 24.8 Å². The molecule has 2 unspecified atom stereocenters. The third-order valence-corrected chi connectivity index (χ3v) is 3.69. The molecule has 0 amide bonds. The molecule has 2 aliphatic rings. The van der Waals surface area contributed by atoms with Crippen molar-refractivity contribution >= 4 is 5.97 Å². The Kier molecular flexibility index (Phi) is 2.63. The summed E-state index contributed by atoms with van der Waals surface area (Å²) in [5, 5.41) is 0. The number of hydrogen-bond acceptors (Lipinski definition) is 3. The summed E-state index contributed by atoms with van der Waals surface area (Å²) in [6.45, 7) is 4.30. The number of likely N-dealkylation sites (tertiary alicyclic amines) is 1. The van der Waals surface area contributed by atoms with Gasteiger partial charge >= 0.3 is 5.97 Å². The minimum absolute atomic E-state index is 0.151. The fourth-order valence-corrected chi connectivity index (χ4v) is 2.84. The Bertz CT molecular complexity index is 444. The second kappa shape index (κ2) is 4.15. The van der Waals surface area contributed by atoms with Crippen molar-refractivity contribution in [2.75, 3.05) is 13.1 Å². The fraction of sp³-hybridized carbons (Fsp3) is 0.500. The molecule has 17 heavy (non-hydrogen) atoms. The van der Waals surface area contributed by atoms with Crippen LogP contribution in [-0.4, -0.2) is 24.0 Å². The van der Waals surface area contributed by atoms with Crippen LogP contribution in [0.2, 0.25) is 0 Å². The van der Waals surface area contributed by atoms with Crippen molar-refractivity contribution in [1.29, 1.82) is 0 Å². The highest BCUT2D eigenvalue weighted by molar-refractivity contribution is 5.93. The van der Waals surface area contributed by atoms with Crippen LogP contribution >= 0.6 is 0 Å². The van der Waals surface area contributed by atoms with E-state index in [9.17, 15) is 4.79 Å². The number of esters is 1. The number of rotatable bonds is 1. The molecule has 0 spiro atoms. The highest BCUT2D eigenvalue weighted by Crippen LogP contribution is 2.35. The van der Waals surface area contributed by atoms with Gasteiger partial charge in [-0.15, -0.1) is 0 Å². The molecule has 0 radical (unpaired) electrons. The molecule has 3 nitrogen and oxygen atoms in total. The van der Waals surface area contributed by atoms with Crippen LogP contribution in [0.4, 0.5) is 0 Å². The molecular weight excluding hydrogens is 214 g/mol. The van der Waals surface area contributed by atoms with Crippen molar-refractivity contribution < 1.29 is 9.53 Å². The second-order valence-electron chi connectivity index (χ2n) is 5.09. The zero-order valence-electron chi connectivity index (χ0n) is 10.1. The van der Waals surface area contributed by atoms with E-state index in [1.54, 1.807) is 0 Å². The topological polar surface area (TPSA) is 29.5 Å². The van der Waals surface area contributed by atoms with E-state index in [-0.39, 0.29) is 12.2 Å². The first-order valence-electron chi connectivity index (χ1n) is 6.29. The summed E-state index contributed by atoms with van der Waals surface area (Å²) >= 11 is 0. The largest absolute Gasteiger partial charge is 0.438 e. The molecule has 90 valence electrons. The summed E-state index contributed by atoms with van der Waals surface area (Å²) in [6.07, 6.45) is 2.32. The van der Waals surface area contributed by atoms with E-state index >= 15 is 0 Å². The monoisotopic (exact) mass is 231 g/mol. The lowest BCUT2D eigenvalue weighted by Gasteiger charge is -2.34. The molecule has 0 N–H and O–H groups in total. The van der Waals surface area contributed by atoms with Gasteiger partial charge in [-0.1, -0.05) is 25.1 Å². The van der Waals surface area contributed by atoms with Crippen molar-refractivity contribution in [3.63, 3.8) is 0 Å². The maximum absolute atomic E-state index is 11.8. The first-order valence-corrected chi connectivity index (χ1v) is 6.29. The Hall–Kier alpha value is -1.35. The highest BCUT2D eigenvalue weighted by atomic mass is 16.6. The van der Waals surface area contributed by atoms with Crippen LogP contribution in [0.15, 0.2) is 24.3 Å². The van der Waals surface area contributed by atoms with Gasteiger partial charge in [0, 0.05) is 18.7 Å². The molecule has 0 aromatic heterocycles. The van der Waals surface area contributed by atoms with Crippen molar-refractivity contribution in [1.82, 2.24) is 4.90 Å². The van der Waals surface area contributed by atoms with Crippen molar-refractivity contribution in [3.8, 4) is 0 Å².